The van der Waals surface area contributed by atoms with Crippen molar-refractivity contribution in [3.63, 3.8) is 0 Å². The SMILES string of the molecule is O=C1CCC(C(=O)NCc2nn(Cc3ccccn3)c(=O)c3ccccc23)N1. The number of pyridine rings is 1. The Morgan fingerprint density at radius 3 is 2.64 bits per heavy atom. The van der Waals surface area contributed by atoms with Crippen molar-refractivity contribution in [3.05, 3.63) is 70.4 Å². The van der Waals surface area contributed by atoms with Gasteiger partial charge in [0.1, 0.15) is 6.04 Å². The highest BCUT2D eigenvalue weighted by Gasteiger charge is 2.27. The average molecular weight is 377 g/mol. The minimum atomic E-state index is -0.516. The minimum absolute atomic E-state index is 0.118. The van der Waals surface area contributed by atoms with Crippen LogP contribution in [0.1, 0.15) is 24.2 Å². The van der Waals surface area contributed by atoms with E-state index in [1.165, 1.54) is 4.68 Å². The third kappa shape index (κ3) is 3.62. The number of hydrogen-bond acceptors (Lipinski definition) is 5. The highest BCUT2D eigenvalue weighted by Crippen LogP contribution is 2.14. The van der Waals surface area contributed by atoms with Crippen LogP contribution in [0.2, 0.25) is 0 Å². The van der Waals surface area contributed by atoms with Gasteiger partial charge in [-0.3, -0.25) is 19.4 Å². The van der Waals surface area contributed by atoms with Crippen LogP contribution in [0.4, 0.5) is 0 Å². The van der Waals surface area contributed by atoms with Gasteiger partial charge in [-0.15, -0.1) is 0 Å². The van der Waals surface area contributed by atoms with Crippen molar-refractivity contribution < 1.29 is 9.59 Å². The molecule has 0 radical (unpaired) electrons. The smallest absolute Gasteiger partial charge is 0.275 e. The quantitative estimate of drug-likeness (QED) is 0.682. The molecule has 3 heterocycles. The maximum atomic E-state index is 12.8. The van der Waals surface area contributed by atoms with Crippen LogP contribution in [0.15, 0.2) is 53.5 Å². The van der Waals surface area contributed by atoms with Gasteiger partial charge in [-0.2, -0.15) is 5.10 Å². The fourth-order valence-corrected chi connectivity index (χ4v) is 3.29. The molecule has 2 N–H and O–H groups in total. The van der Waals surface area contributed by atoms with Gasteiger partial charge >= 0.3 is 0 Å². The molecule has 1 atom stereocenters. The van der Waals surface area contributed by atoms with Crippen LogP contribution in [0.3, 0.4) is 0 Å². The molecule has 1 aliphatic rings. The molecule has 0 saturated carbocycles. The van der Waals surface area contributed by atoms with Crippen LogP contribution in [-0.2, 0) is 22.7 Å². The highest BCUT2D eigenvalue weighted by molar-refractivity contribution is 5.91. The second-order valence-corrected chi connectivity index (χ2v) is 6.65. The summed E-state index contributed by atoms with van der Waals surface area (Å²) in [6.45, 7) is 0.401. The number of nitrogens with one attached hydrogen (secondary N) is 2. The summed E-state index contributed by atoms with van der Waals surface area (Å²) in [6, 6.07) is 12.2. The van der Waals surface area contributed by atoms with E-state index in [1.807, 2.05) is 30.3 Å². The molecule has 8 nitrogen and oxygen atoms in total. The first-order chi connectivity index (χ1) is 13.6. The van der Waals surface area contributed by atoms with Crippen molar-refractivity contribution in [2.24, 2.45) is 0 Å². The number of aromatic nitrogens is 3. The van der Waals surface area contributed by atoms with Crippen LogP contribution in [-0.4, -0.2) is 32.6 Å². The second kappa shape index (κ2) is 7.59. The summed E-state index contributed by atoms with van der Waals surface area (Å²) >= 11 is 0. The number of hydrogen-bond donors (Lipinski definition) is 2. The number of fused-ring (bicyclic) bond motifs is 1. The molecule has 142 valence electrons. The summed E-state index contributed by atoms with van der Waals surface area (Å²) in [7, 11) is 0. The van der Waals surface area contributed by atoms with Crippen molar-refractivity contribution in [3.8, 4) is 0 Å². The fraction of sp³-hybridized carbons (Fsp3) is 0.250. The molecular weight excluding hydrogens is 358 g/mol. The monoisotopic (exact) mass is 377 g/mol. The zero-order valence-electron chi connectivity index (χ0n) is 15.1. The van der Waals surface area contributed by atoms with Gasteiger partial charge in [-0.05, 0) is 24.6 Å². The van der Waals surface area contributed by atoms with E-state index in [4.69, 9.17) is 0 Å². The number of benzene rings is 1. The average Bonchev–Trinajstić information content (AvgIpc) is 3.16. The molecule has 2 aromatic heterocycles. The normalized spacial score (nSPS) is 16.1. The molecular formula is C20H19N5O3. The summed E-state index contributed by atoms with van der Waals surface area (Å²) in [5.41, 5.74) is 1.10. The highest BCUT2D eigenvalue weighted by atomic mass is 16.2. The van der Waals surface area contributed by atoms with Crippen LogP contribution in [0.25, 0.3) is 10.8 Å². The van der Waals surface area contributed by atoms with Crippen molar-refractivity contribution in [1.29, 1.82) is 0 Å². The van der Waals surface area contributed by atoms with Gasteiger partial charge in [0.25, 0.3) is 5.56 Å². The van der Waals surface area contributed by atoms with Gasteiger partial charge in [0, 0.05) is 18.0 Å². The van der Waals surface area contributed by atoms with E-state index in [2.05, 4.69) is 20.7 Å². The maximum absolute atomic E-state index is 12.8. The number of carbonyl (C=O) groups is 2. The van der Waals surface area contributed by atoms with Crippen LogP contribution in [0.5, 0.6) is 0 Å². The van der Waals surface area contributed by atoms with Crippen LogP contribution < -0.4 is 16.2 Å². The van der Waals surface area contributed by atoms with Gasteiger partial charge < -0.3 is 10.6 Å². The van der Waals surface area contributed by atoms with Gasteiger partial charge in [-0.25, -0.2) is 4.68 Å². The summed E-state index contributed by atoms with van der Waals surface area (Å²) < 4.78 is 1.36. The predicted octanol–water partition coefficient (Wildman–Crippen LogP) is 0.735. The summed E-state index contributed by atoms with van der Waals surface area (Å²) in [4.78, 5) is 40.7. The van der Waals surface area contributed by atoms with Crippen LogP contribution in [0, 0.1) is 0 Å². The number of nitrogens with zero attached hydrogens (tertiary/aromatic N) is 3. The summed E-state index contributed by atoms with van der Waals surface area (Å²) in [5, 5.41) is 11.2. The molecule has 8 heteroatoms. The summed E-state index contributed by atoms with van der Waals surface area (Å²) in [5.74, 6) is -0.369. The van der Waals surface area contributed by atoms with E-state index < -0.39 is 6.04 Å². The number of carbonyl (C=O) groups excluding carboxylic acids is 2. The molecule has 1 fully saturated rings. The van der Waals surface area contributed by atoms with Crippen molar-refractivity contribution in [1.82, 2.24) is 25.4 Å². The molecule has 0 spiro atoms. The largest absolute Gasteiger partial charge is 0.349 e. The molecule has 0 aliphatic carbocycles. The van der Waals surface area contributed by atoms with Crippen molar-refractivity contribution in [2.45, 2.75) is 32.0 Å². The van der Waals surface area contributed by atoms with E-state index in [1.54, 1.807) is 18.3 Å². The van der Waals surface area contributed by atoms with Gasteiger partial charge in [0.15, 0.2) is 0 Å². The second-order valence-electron chi connectivity index (χ2n) is 6.65. The van der Waals surface area contributed by atoms with Crippen molar-refractivity contribution >= 4 is 22.6 Å². The summed E-state index contributed by atoms with van der Waals surface area (Å²) in [6.07, 6.45) is 2.50. The number of rotatable bonds is 5. The standard InChI is InChI=1S/C20H19N5O3/c26-18-9-8-16(23-18)19(27)22-11-17-14-6-1-2-7-15(14)20(28)25(24-17)12-13-5-3-4-10-21-13/h1-7,10,16H,8-9,11-12H2,(H,22,27)(H,23,26). The zero-order valence-corrected chi connectivity index (χ0v) is 15.1. The van der Waals surface area contributed by atoms with E-state index >= 15 is 0 Å². The predicted molar refractivity (Wildman–Crippen MR) is 102 cm³/mol. The lowest BCUT2D eigenvalue weighted by Crippen LogP contribution is -2.41. The Hall–Kier alpha value is -3.55. The topological polar surface area (TPSA) is 106 Å². The third-order valence-electron chi connectivity index (χ3n) is 4.72. The molecule has 0 bridgehead atoms. The van der Waals surface area contributed by atoms with Gasteiger partial charge in [0.2, 0.25) is 11.8 Å². The van der Waals surface area contributed by atoms with Crippen LogP contribution >= 0.6 is 0 Å². The first-order valence-electron chi connectivity index (χ1n) is 9.07. The Bertz CT molecular complexity index is 1090. The number of amides is 2. The fourth-order valence-electron chi connectivity index (χ4n) is 3.29. The zero-order chi connectivity index (χ0) is 19.5. The van der Waals surface area contributed by atoms with Crippen molar-refractivity contribution in [2.75, 3.05) is 0 Å². The Morgan fingerprint density at radius 1 is 1.14 bits per heavy atom. The molecule has 4 rings (SSSR count). The first-order valence-corrected chi connectivity index (χ1v) is 9.07. The molecule has 1 aliphatic heterocycles. The molecule has 28 heavy (non-hydrogen) atoms. The van der Waals surface area contributed by atoms with E-state index in [0.29, 0.717) is 29.3 Å². The Balaban J connectivity index is 1.63. The molecule has 1 saturated heterocycles. The molecule has 2 amide bonds. The van der Waals surface area contributed by atoms with E-state index in [0.717, 1.165) is 5.69 Å². The molecule has 1 aromatic carbocycles. The van der Waals surface area contributed by atoms with Gasteiger partial charge in [0.05, 0.1) is 29.9 Å². The Kier molecular flexibility index (Phi) is 4.84. The molecule has 1 unspecified atom stereocenters. The maximum Gasteiger partial charge on any atom is 0.275 e. The van der Waals surface area contributed by atoms with E-state index in [-0.39, 0.29) is 30.5 Å². The molecule has 3 aromatic rings. The lowest BCUT2D eigenvalue weighted by Gasteiger charge is -2.13. The lowest BCUT2D eigenvalue weighted by atomic mass is 10.1. The third-order valence-corrected chi connectivity index (χ3v) is 4.72. The Morgan fingerprint density at radius 2 is 1.93 bits per heavy atom. The van der Waals surface area contributed by atoms with E-state index in [9.17, 15) is 14.4 Å². The minimum Gasteiger partial charge on any atom is -0.349 e. The first kappa shape index (κ1) is 17.8. The lowest BCUT2D eigenvalue weighted by molar-refractivity contribution is -0.125. The van der Waals surface area contributed by atoms with Gasteiger partial charge in [-0.1, -0.05) is 24.3 Å². The Labute approximate surface area is 160 Å².